The summed E-state index contributed by atoms with van der Waals surface area (Å²) in [5.41, 5.74) is 3.21. The maximum absolute atomic E-state index is 12.6. The molecule has 4 rings (SSSR count). The topological polar surface area (TPSA) is 105 Å². The van der Waals surface area contributed by atoms with E-state index in [9.17, 15) is 9.59 Å². The summed E-state index contributed by atoms with van der Waals surface area (Å²) >= 11 is 1.39. The Kier molecular flexibility index (Phi) is 5.28. The lowest BCUT2D eigenvalue weighted by molar-refractivity contribution is 0.0470. The van der Waals surface area contributed by atoms with E-state index in [2.05, 4.69) is 16.0 Å². The van der Waals surface area contributed by atoms with Crippen LogP contribution in [0.3, 0.4) is 0 Å². The van der Waals surface area contributed by atoms with Gasteiger partial charge in [-0.05, 0) is 18.2 Å². The van der Waals surface area contributed by atoms with Crippen molar-refractivity contribution in [3.05, 3.63) is 76.4 Å². The van der Waals surface area contributed by atoms with E-state index in [1.54, 1.807) is 48.0 Å². The monoisotopic (exact) mass is 417 g/mol. The van der Waals surface area contributed by atoms with Gasteiger partial charge in [0.15, 0.2) is 0 Å². The number of benzene rings is 2. The van der Waals surface area contributed by atoms with Crippen LogP contribution in [0, 0.1) is 11.3 Å². The molecule has 30 heavy (non-hydrogen) atoms. The number of hydrogen-bond acceptors (Lipinski definition) is 7. The van der Waals surface area contributed by atoms with Crippen molar-refractivity contribution in [2.24, 2.45) is 0 Å². The maximum atomic E-state index is 12.6. The molecule has 0 fully saturated rings. The average molecular weight is 417 g/mol. The molecule has 0 unspecified atom stereocenters. The van der Waals surface area contributed by atoms with Crippen LogP contribution in [0.1, 0.15) is 32.0 Å². The lowest BCUT2D eigenvalue weighted by Crippen LogP contribution is -2.06. The second kappa shape index (κ2) is 8.19. The highest BCUT2D eigenvalue weighted by Gasteiger charge is 2.16. The molecule has 0 amide bonds. The second-order valence-electron chi connectivity index (χ2n) is 6.33. The Morgan fingerprint density at radius 3 is 2.83 bits per heavy atom. The Morgan fingerprint density at radius 2 is 2.03 bits per heavy atom. The summed E-state index contributed by atoms with van der Waals surface area (Å²) in [6.07, 6.45) is 1.57. The molecule has 7 nitrogen and oxygen atoms in total. The van der Waals surface area contributed by atoms with Crippen LogP contribution in [0.15, 0.2) is 54.0 Å². The molecule has 0 saturated carbocycles. The molecule has 0 aliphatic carbocycles. The molecule has 2 heterocycles. The number of hydrogen-bond donors (Lipinski definition) is 1. The fourth-order valence-corrected chi connectivity index (χ4v) is 3.84. The number of H-pyrrole nitrogens is 1. The molecule has 8 heteroatoms. The van der Waals surface area contributed by atoms with Gasteiger partial charge in [-0.1, -0.05) is 24.3 Å². The van der Waals surface area contributed by atoms with Crippen LogP contribution in [-0.4, -0.2) is 29.0 Å². The molecule has 0 bridgehead atoms. The number of carbonyl (C=O) groups is 2. The molecule has 0 atom stereocenters. The first-order valence-electron chi connectivity index (χ1n) is 8.91. The van der Waals surface area contributed by atoms with Gasteiger partial charge in [-0.15, -0.1) is 11.3 Å². The summed E-state index contributed by atoms with van der Waals surface area (Å²) in [5, 5.41) is 12.3. The Morgan fingerprint density at radius 1 is 1.20 bits per heavy atom. The molecule has 0 saturated heterocycles. The van der Waals surface area contributed by atoms with E-state index in [1.165, 1.54) is 18.4 Å². The van der Waals surface area contributed by atoms with Gasteiger partial charge in [0.25, 0.3) is 0 Å². The summed E-state index contributed by atoms with van der Waals surface area (Å²) in [6.45, 7) is 0.00816. The SMILES string of the molecule is COC(=O)c1cccc(-c2nc(COC(=O)c3cccc4c(C#N)c[nH]c34)cs2)c1. The van der Waals surface area contributed by atoms with Crippen LogP contribution in [0.25, 0.3) is 21.5 Å². The molecule has 1 N–H and O–H groups in total. The van der Waals surface area contributed by atoms with E-state index in [-0.39, 0.29) is 6.61 Å². The van der Waals surface area contributed by atoms with Crippen LogP contribution in [0.5, 0.6) is 0 Å². The number of para-hydroxylation sites is 1. The van der Waals surface area contributed by atoms with Gasteiger partial charge in [-0.3, -0.25) is 0 Å². The predicted octanol–water partition coefficient (Wildman–Crippen LogP) is 4.31. The number of nitrogens with one attached hydrogen (secondary N) is 1. The van der Waals surface area contributed by atoms with Crippen molar-refractivity contribution in [2.45, 2.75) is 6.61 Å². The maximum Gasteiger partial charge on any atom is 0.340 e. The summed E-state index contributed by atoms with van der Waals surface area (Å²) in [5.74, 6) is -0.921. The van der Waals surface area contributed by atoms with Gasteiger partial charge in [-0.25, -0.2) is 14.6 Å². The predicted molar refractivity (Wildman–Crippen MR) is 111 cm³/mol. The molecular formula is C22H15N3O4S. The van der Waals surface area contributed by atoms with Gasteiger partial charge >= 0.3 is 11.9 Å². The zero-order valence-corrected chi connectivity index (χ0v) is 16.7. The number of esters is 2. The molecule has 2 aromatic heterocycles. The summed E-state index contributed by atoms with van der Waals surface area (Å²) in [7, 11) is 1.33. The highest BCUT2D eigenvalue weighted by molar-refractivity contribution is 7.13. The van der Waals surface area contributed by atoms with E-state index in [1.807, 2.05) is 6.07 Å². The van der Waals surface area contributed by atoms with E-state index < -0.39 is 11.9 Å². The largest absolute Gasteiger partial charge is 0.465 e. The lowest BCUT2D eigenvalue weighted by Gasteiger charge is -2.04. The Bertz CT molecular complexity index is 1300. The quantitative estimate of drug-likeness (QED) is 0.485. The van der Waals surface area contributed by atoms with Crippen molar-refractivity contribution in [2.75, 3.05) is 7.11 Å². The molecular weight excluding hydrogens is 402 g/mol. The van der Waals surface area contributed by atoms with Crippen molar-refractivity contribution in [1.29, 1.82) is 5.26 Å². The number of aromatic nitrogens is 2. The molecule has 148 valence electrons. The zero-order valence-electron chi connectivity index (χ0n) is 15.8. The standard InChI is InChI=1S/C22H15N3O4S/c1-28-21(26)14-5-2-4-13(8-14)20-25-16(12-30-20)11-29-22(27)18-7-3-6-17-15(9-23)10-24-19(17)18/h2-8,10,12,24H,11H2,1H3. The number of nitrogens with zero attached hydrogens (tertiary/aromatic N) is 2. The summed E-state index contributed by atoms with van der Waals surface area (Å²) in [6, 6.07) is 14.2. The van der Waals surface area contributed by atoms with Crippen molar-refractivity contribution in [3.8, 4) is 16.6 Å². The third-order valence-corrected chi connectivity index (χ3v) is 5.43. The number of methoxy groups -OCH3 is 1. The Labute approximate surface area is 175 Å². The van der Waals surface area contributed by atoms with Gasteiger partial charge in [0.05, 0.1) is 35.0 Å². The number of nitriles is 1. The smallest absolute Gasteiger partial charge is 0.340 e. The minimum Gasteiger partial charge on any atom is -0.465 e. The van der Waals surface area contributed by atoms with E-state index >= 15 is 0 Å². The van der Waals surface area contributed by atoms with Crippen molar-refractivity contribution < 1.29 is 19.1 Å². The van der Waals surface area contributed by atoms with Gasteiger partial charge in [-0.2, -0.15) is 5.26 Å². The molecule has 0 aliphatic heterocycles. The van der Waals surface area contributed by atoms with Crippen LogP contribution in [0.2, 0.25) is 0 Å². The van der Waals surface area contributed by atoms with Crippen LogP contribution in [-0.2, 0) is 16.1 Å². The lowest BCUT2D eigenvalue weighted by atomic mass is 10.1. The Balaban J connectivity index is 1.49. The minimum atomic E-state index is -0.505. The Hall–Kier alpha value is -3.96. The second-order valence-corrected chi connectivity index (χ2v) is 7.19. The summed E-state index contributed by atoms with van der Waals surface area (Å²) in [4.78, 5) is 31.7. The molecule has 2 aromatic carbocycles. The fraction of sp³-hybridized carbons (Fsp3) is 0.0909. The third kappa shape index (κ3) is 3.66. The van der Waals surface area contributed by atoms with Crippen LogP contribution in [0.4, 0.5) is 0 Å². The van der Waals surface area contributed by atoms with E-state index in [0.717, 1.165) is 5.56 Å². The highest BCUT2D eigenvalue weighted by Crippen LogP contribution is 2.26. The normalized spacial score (nSPS) is 10.5. The first-order chi connectivity index (χ1) is 14.6. The van der Waals surface area contributed by atoms with Crippen LogP contribution >= 0.6 is 11.3 Å². The van der Waals surface area contributed by atoms with Gasteiger partial charge in [0.2, 0.25) is 0 Å². The van der Waals surface area contributed by atoms with Crippen molar-refractivity contribution >= 4 is 34.2 Å². The minimum absolute atomic E-state index is 0.00816. The average Bonchev–Trinajstić information content (AvgIpc) is 3.43. The molecule has 0 aliphatic rings. The first kappa shape index (κ1) is 19.4. The number of rotatable bonds is 5. The van der Waals surface area contributed by atoms with Gasteiger partial charge in [0.1, 0.15) is 17.7 Å². The van der Waals surface area contributed by atoms with E-state index in [0.29, 0.717) is 38.3 Å². The zero-order chi connectivity index (χ0) is 21.1. The highest BCUT2D eigenvalue weighted by atomic mass is 32.1. The number of ether oxygens (including phenoxy) is 2. The van der Waals surface area contributed by atoms with E-state index in [4.69, 9.17) is 14.7 Å². The third-order valence-electron chi connectivity index (χ3n) is 4.49. The van der Waals surface area contributed by atoms with Crippen molar-refractivity contribution in [3.63, 3.8) is 0 Å². The van der Waals surface area contributed by atoms with Crippen molar-refractivity contribution in [1.82, 2.24) is 9.97 Å². The molecule has 4 aromatic rings. The van der Waals surface area contributed by atoms with Crippen LogP contribution < -0.4 is 0 Å². The number of fused-ring (bicyclic) bond motifs is 1. The van der Waals surface area contributed by atoms with Gasteiger partial charge in [0, 0.05) is 22.5 Å². The molecule has 0 spiro atoms. The summed E-state index contributed by atoms with van der Waals surface area (Å²) < 4.78 is 10.2. The number of carbonyl (C=O) groups excluding carboxylic acids is 2. The number of aromatic amines is 1. The molecule has 0 radical (unpaired) electrons. The number of thiazole rings is 1. The fourth-order valence-electron chi connectivity index (χ4n) is 3.04. The van der Waals surface area contributed by atoms with Gasteiger partial charge < -0.3 is 14.5 Å². The first-order valence-corrected chi connectivity index (χ1v) is 9.79.